The zero-order chi connectivity index (χ0) is 13.0. The minimum Gasteiger partial charge on any atom is -0.391 e. The summed E-state index contributed by atoms with van der Waals surface area (Å²) >= 11 is 0. The van der Waals surface area contributed by atoms with Gasteiger partial charge in [-0.05, 0) is 13.8 Å². The number of aryl methyl sites for hydroxylation is 2. The van der Waals surface area contributed by atoms with Crippen molar-refractivity contribution in [3.8, 4) is 0 Å². The minimum absolute atomic E-state index is 0.0606. The van der Waals surface area contributed by atoms with E-state index in [0.717, 1.165) is 17.1 Å². The lowest BCUT2D eigenvalue weighted by atomic mass is 10.2. The number of aliphatic hydroxyl groups excluding tert-OH is 1. The molecule has 0 saturated heterocycles. The summed E-state index contributed by atoms with van der Waals surface area (Å²) in [6, 6.07) is 0. The van der Waals surface area contributed by atoms with Crippen LogP contribution >= 0.6 is 0 Å². The second kappa shape index (κ2) is 5.67. The summed E-state index contributed by atoms with van der Waals surface area (Å²) in [4.78, 5) is 13.3. The molecule has 1 aromatic heterocycles. The quantitative estimate of drug-likeness (QED) is 0.747. The van der Waals surface area contributed by atoms with Crippen LogP contribution in [0.15, 0.2) is 0 Å². The first-order valence-electron chi connectivity index (χ1n) is 5.64. The standard InChI is InChI=1S/C11H20N4O2/c1-5-15(6-10(17)12-3)11-9(7-16)8(2)13-14(11)4/h16H,5-7H2,1-4H3,(H,12,17). The van der Waals surface area contributed by atoms with E-state index in [1.807, 2.05) is 25.8 Å². The summed E-state index contributed by atoms with van der Waals surface area (Å²) in [5, 5.41) is 16.2. The second-order valence-electron chi connectivity index (χ2n) is 3.86. The van der Waals surface area contributed by atoms with Gasteiger partial charge < -0.3 is 15.3 Å². The Morgan fingerprint density at radius 3 is 2.71 bits per heavy atom. The first kappa shape index (κ1) is 13.5. The molecule has 1 heterocycles. The van der Waals surface area contributed by atoms with Crippen LogP contribution in [-0.2, 0) is 18.4 Å². The highest BCUT2D eigenvalue weighted by Gasteiger charge is 2.19. The average Bonchev–Trinajstić information content (AvgIpc) is 2.60. The van der Waals surface area contributed by atoms with Crippen molar-refractivity contribution >= 4 is 11.7 Å². The van der Waals surface area contributed by atoms with Crippen molar-refractivity contribution in [2.75, 3.05) is 25.0 Å². The van der Waals surface area contributed by atoms with E-state index in [2.05, 4.69) is 10.4 Å². The van der Waals surface area contributed by atoms with Gasteiger partial charge in [-0.1, -0.05) is 0 Å². The van der Waals surface area contributed by atoms with E-state index < -0.39 is 0 Å². The highest BCUT2D eigenvalue weighted by molar-refractivity contribution is 5.81. The van der Waals surface area contributed by atoms with E-state index in [0.29, 0.717) is 6.54 Å². The molecule has 0 bridgehead atoms. The van der Waals surface area contributed by atoms with Crippen LogP contribution in [0.3, 0.4) is 0 Å². The molecule has 0 atom stereocenters. The highest BCUT2D eigenvalue weighted by Crippen LogP contribution is 2.22. The number of hydrogen-bond acceptors (Lipinski definition) is 4. The van der Waals surface area contributed by atoms with Gasteiger partial charge in [0.1, 0.15) is 5.82 Å². The molecule has 1 amide bonds. The Morgan fingerprint density at radius 2 is 2.24 bits per heavy atom. The Hall–Kier alpha value is -1.56. The van der Waals surface area contributed by atoms with E-state index in [1.165, 1.54) is 0 Å². The fourth-order valence-corrected chi connectivity index (χ4v) is 1.86. The molecule has 17 heavy (non-hydrogen) atoms. The van der Waals surface area contributed by atoms with Crippen LogP contribution in [0, 0.1) is 6.92 Å². The van der Waals surface area contributed by atoms with Gasteiger partial charge in [-0.15, -0.1) is 0 Å². The summed E-state index contributed by atoms with van der Waals surface area (Å²) in [7, 11) is 3.42. The fraction of sp³-hybridized carbons (Fsp3) is 0.636. The van der Waals surface area contributed by atoms with Gasteiger partial charge in [0.2, 0.25) is 5.91 Å². The molecule has 0 aromatic carbocycles. The van der Waals surface area contributed by atoms with E-state index in [-0.39, 0.29) is 19.1 Å². The second-order valence-corrected chi connectivity index (χ2v) is 3.86. The smallest absolute Gasteiger partial charge is 0.239 e. The molecular weight excluding hydrogens is 220 g/mol. The molecule has 0 aliphatic rings. The molecule has 0 unspecified atom stereocenters. The van der Waals surface area contributed by atoms with Crippen LogP contribution in [0.25, 0.3) is 0 Å². The predicted molar refractivity (Wildman–Crippen MR) is 65.8 cm³/mol. The molecule has 0 spiro atoms. The van der Waals surface area contributed by atoms with E-state index >= 15 is 0 Å². The summed E-state index contributed by atoms with van der Waals surface area (Å²) in [6.07, 6.45) is 0. The molecular formula is C11H20N4O2. The fourth-order valence-electron chi connectivity index (χ4n) is 1.86. The summed E-state index contributed by atoms with van der Waals surface area (Å²) in [6.45, 7) is 4.69. The monoisotopic (exact) mass is 240 g/mol. The first-order valence-corrected chi connectivity index (χ1v) is 5.64. The van der Waals surface area contributed by atoms with Crippen molar-refractivity contribution in [1.29, 1.82) is 0 Å². The van der Waals surface area contributed by atoms with Crippen LogP contribution in [0.5, 0.6) is 0 Å². The third kappa shape index (κ3) is 2.76. The molecule has 0 aliphatic heterocycles. The number of carbonyl (C=O) groups excluding carboxylic acids is 1. The lowest BCUT2D eigenvalue weighted by Crippen LogP contribution is -2.37. The van der Waals surface area contributed by atoms with Gasteiger partial charge >= 0.3 is 0 Å². The molecule has 1 rings (SSSR count). The maximum absolute atomic E-state index is 11.4. The van der Waals surface area contributed by atoms with Gasteiger partial charge in [0.15, 0.2) is 0 Å². The van der Waals surface area contributed by atoms with Crippen LogP contribution < -0.4 is 10.2 Å². The maximum Gasteiger partial charge on any atom is 0.239 e. The normalized spacial score (nSPS) is 10.4. The van der Waals surface area contributed by atoms with Crippen molar-refractivity contribution in [2.45, 2.75) is 20.5 Å². The molecule has 0 aliphatic carbocycles. The summed E-state index contributed by atoms with van der Waals surface area (Å²) < 4.78 is 1.70. The number of nitrogens with zero attached hydrogens (tertiary/aromatic N) is 3. The maximum atomic E-state index is 11.4. The SMILES string of the molecule is CCN(CC(=O)NC)c1c(CO)c(C)nn1C. The molecule has 0 fully saturated rings. The number of nitrogens with one attached hydrogen (secondary N) is 1. The van der Waals surface area contributed by atoms with Crippen LogP contribution in [0.1, 0.15) is 18.2 Å². The van der Waals surface area contributed by atoms with Gasteiger partial charge in [-0.25, -0.2) is 0 Å². The Kier molecular flexibility index (Phi) is 4.51. The largest absolute Gasteiger partial charge is 0.391 e. The van der Waals surface area contributed by atoms with E-state index in [9.17, 15) is 9.90 Å². The zero-order valence-electron chi connectivity index (χ0n) is 10.8. The molecule has 6 nitrogen and oxygen atoms in total. The first-order chi connectivity index (χ1) is 8.04. The Balaban J connectivity index is 3.06. The van der Waals surface area contributed by atoms with Gasteiger partial charge in [-0.2, -0.15) is 5.10 Å². The predicted octanol–water partition coefficient (Wildman–Crippen LogP) is -0.207. The number of rotatable bonds is 5. The van der Waals surface area contributed by atoms with Crippen molar-refractivity contribution < 1.29 is 9.90 Å². The number of aromatic nitrogens is 2. The summed E-state index contributed by atoms with van der Waals surface area (Å²) in [5.41, 5.74) is 1.57. The van der Waals surface area contributed by atoms with E-state index in [4.69, 9.17) is 0 Å². The van der Waals surface area contributed by atoms with Gasteiger partial charge in [0.25, 0.3) is 0 Å². The number of hydrogen-bond donors (Lipinski definition) is 2. The molecule has 0 saturated carbocycles. The number of anilines is 1. The molecule has 0 radical (unpaired) electrons. The number of likely N-dealkylation sites (N-methyl/N-ethyl adjacent to an activating group) is 2. The number of carbonyl (C=O) groups is 1. The third-order valence-corrected chi connectivity index (χ3v) is 2.77. The average molecular weight is 240 g/mol. The number of aliphatic hydroxyl groups is 1. The Labute approximate surface area is 101 Å². The summed E-state index contributed by atoms with van der Waals surface area (Å²) in [5.74, 6) is 0.741. The minimum atomic E-state index is -0.0702. The number of amides is 1. The van der Waals surface area contributed by atoms with Gasteiger partial charge in [0, 0.05) is 26.2 Å². The molecule has 6 heteroatoms. The molecule has 96 valence electrons. The van der Waals surface area contributed by atoms with Crippen LogP contribution in [-0.4, -0.2) is 40.9 Å². The Morgan fingerprint density at radius 1 is 1.59 bits per heavy atom. The van der Waals surface area contributed by atoms with Gasteiger partial charge in [-0.3, -0.25) is 9.48 Å². The van der Waals surface area contributed by atoms with Crippen molar-refractivity contribution in [3.05, 3.63) is 11.3 Å². The topological polar surface area (TPSA) is 70.4 Å². The zero-order valence-corrected chi connectivity index (χ0v) is 10.8. The highest BCUT2D eigenvalue weighted by atomic mass is 16.3. The van der Waals surface area contributed by atoms with Gasteiger partial charge in [0.05, 0.1) is 18.8 Å². The van der Waals surface area contributed by atoms with Crippen LogP contribution in [0.2, 0.25) is 0 Å². The van der Waals surface area contributed by atoms with Crippen molar-refractivity contribution in [3.63, 3.8) is 0 Å². The van der Waals surface area contributed by atoms with Crippen molar-refractivity contribution in [2.24, 2.45) is 7.05 Å². The third-order valence-electron chi connectivity index (χ3n) is 2.77. The Bertz CT molecular complexity index is 400. The molecule has 1 aromatic rings. The van der Waals surface area contributed by atoms with Crippen molar-refractivity contribution in [1.82, 2.24) is 15.1 Å². The molecule has 2 N–H and O–H groups in total. The lowest BCUT2D eigenvalue weighted by molar-refractivity contribution is -0.119. The van der Waals surface area contributed by atoms with E-state index in [1.54, 1.807) is 11.7 Å². The lowest BCUT2D eigenvalue weighted by Gasteiger charge is -2.23. The van der Waals surface area contributed by atoms with Crippen LogP contribution in [0.4, 0.5) is 5.82 Å².